The molecule has 34 heavy (non-hydrogen) atoms. The van der Waals surface area contributed by atoms with Gasteiger partial charge in [0.05, 0.1) is 10.5 Å². The van der Waals surface area contributed by atoms with Crippen molar-refractivity contribution in [2.24, 2.45) is 0 Å². The third kappa shape index (κ3) is 3.91. The van der Waals surface area contributed by atoms with Crippen molar-refractivity contribution < 1.29 is 18.6 Å². The van der Waals surface area contributed by atoms with Crippen LogP contribution >= 0.6 is 11.6 Å². The third-order valence-corrected chi connectivity index (χ3v) is 5.59. The van der Waals surface area contributed by atoms with Crippen LogP contribution in [0.5, 0.6) is 0 Å². The Kier molecular flexibility index (Phi) is 5.35. The number of nitro benzene ring substituents is 1. The maximum atomic E-state index is 12.9. The van der Waals surface area contributed by atoms with Crippen LogP contribution in [0.1, 0.15) is 16.1 Å². The number of carbonyl (C=O) groups is 1. The Morgan fingerprint density at radius 3 is 2.62 bits per heavy atom. The van der Waals surface area contributed by atoms with Gasteiger partial charge in [-0.3, -0.25) is 14.9 Å². The summed E-state index contributed by atoms with van der Waals surface area (Å²) in [6.45, 7) is 1.84. The largest absolute Gasteiger partial charge is 0.451 e. The van der Waals surface area contributed by atoms with Crippen LogP contribution in [-0.2, 0) is 0 Å². The van der Waals surface area contributed by atoms with Crippen LogP contribution in [0, 0.1) is 17.0 Å². The summed E-state index contributed by atoms with van der Waals surface area (Å²) in [7, 11) is 0. The van der Waals surface area contributed by atoms with Gasteiger partial charge in [0.15, 0.2) is 11.3 Å². The maximum absolute atomic E-state index is 12.9. The first-order valence-corrected chi connectivity index (χ1v) is 10.6. The van der Waals surface area contributed by atoms with E-state index in [2.05, 4.69) is 10.3 Å². The number of fused-ring (bicyclic) bond motifs is 1. The van der Waals surface area contributed by atoms with E-state index in [0.29, 0.717) is 38.8 Å². The van der Waals surface area contributed by atoms with Crippen LogP contribution in [0.3, 0.4) is 0 Å². The van der Waals surface area contributed by atoms with Gasteiger partial charge in [-0.25, -0.2) is 4.98 Å². The molecule has 2 heterocycles. The Balaban J connectivity index is 1.42. The number of rotatable bonds is 5. The predicted molar refractivity (Wildman–Crippen MR) is 128 cm³/mol. The van der Waals surface area contributed by atoms with E-state index in [4.69, 9.17) is 20.4 Å². The number of carbonyl (C=O) groups excluding carboxylic acids is 1. The molecule has 1 N–H and O–H groups in total. The van der Waals surface area contributed by atoms with Crippen LogP contribution in [0.2, 0.25) is 5.02 Å². The van der Waals surface area contributed by atoms with Gasteiger partial charge in [0.2, 0.25) is 5.89 Å². The lowest BCUT2D eigenvalue weighted by Gasteiger charge is -2.10. The summed E-state index contributed by atoms with van der Waals surface area (Å²) in [6, 6.07) is 19.8. The number of hydrogen-bond acceptors (Lipinski definition) is 6. The second-order valence-electron chi connectivity index (χ2n) is 7.50. The number of nitrogens with one attached hydrogen (secondary N) is 1. The summed E-state index contributed by atoms with van der Waals surface area (Å²) in [5, 5.41) is 14.7. The van der Waals surface area contributed by atoms with E-state index in [1.807, 2.05) is 13.0 Å². The molecule has 0 spiro atoms. The lowest BCUT2D eigenvalue weighted by atomic mass is 10.1. The van der Waals surface area contributed by atoms with E-state index in [1.165, 1.54) is 18.2 Å². The molecule has 0 aliphatic rings. The molecule has 0 aliphatic carbocycles. The van der Waals surface area contributed by atoms with Crippen molar-refractivity contribution in [3.63, 3.8) is 0 Å². The Labute approximate surface area is 197 Å². The molecule has 0 saturated heterocycles. The quantitative estimate of drug-likeness (QED) is 0.220. The smallest absolute Gasteiger partial charge is 0.291 e. The minimum atomic E-state index is -0.494. The lowest BCUT2D eigenvalue weighted by Crippen LogP contribution is -2.12. The summed E-state index contributed by atoms with van der Waals surface area (Å²) < 4.78 is 11.5. The van der Waals surface area contributed by atoms with Gasteiger partial charge >= 0.3 is 0 Å². The number of amides is 1. The number of furan rings is 1. The van der Waals surface area contributed by atoms with Gasteiger partial charge in [0.1, 0.15) is 11.3 Å². The van der Waals surface area contributed by atoms with Gasteiger partial charge in [-0.2, -0.15) is 0 Å². The SMILES string of the molecule is Cc1c(NC(=O)c2ccc(-c3ccccc3[N+](=O)[O-])o2)cccc1-c1nc2cc(Cl)ccc2o1. The summed E-state index contributed by atoms with van der Waals surface area (Å²) in [5.41, 5.74) is 3.43. The van der Waals surface area contributed by atoms with Crippen LogP contribution in [-0.4, -0.2) is 15.8 Å². The first kappa shape index (κ1) is 21.4. The van der Waals surface area contributed by atoms with Crippen LogP contribution in [0.15, 0.2) is 81.6 Å². The van der Waals surface area contributed by atoms with E-state index in [-0.39, 0.29) is 17.2 Å². The molecule has 0 fully saturated rings. The number of hydrogen-bond donors (Lipinski definition) is 1. The van der Waals surface area contributed by atoms with Crippen LogP contribution < -0.4 is 5.32 Å². The Bertz CT molecular complexity index is 1570. The highest BCUT2D eigenvalue weighted by Gasteiger charge is 2.20. The fraction of sp³-hybridized carbons (Fsp3) is 0.0400. The Hall–Kier alpha value is -4.43. The predicted octanol–water partition coefficient (Wildman–Crippen LogP) is 6.88. The van der Waals surface area contributed by atoms with Gasteiger partial charge in [0, 0.05) is 22.3 Å². The molecule has 0 bridgehead atoms. The molecular formula is C25H16ClN3O5. The monoisotopic (exact) mass is 473 g/mol. The molecule has 0 unspecified atom stereocenters. The van der Waals surface area contributed by atoms with Crippen LogP contribution in [0.25, 0.3) is 33.9 Å². The highest BCUT2D eigenvalue weighted by Crippen LogP contribution is 2.33. The molecule has 168 valence electrons. The Morgan fingerprint density at radius 2 is 1.79 bits per heavy atom. The Morgan fingerprint density at radius 1 is 1.00 bits per heavy atom. The van der Waals surface area contributed by atoms with Crippen molar-refractivity contribution in [1.29, 1.82) is 0 Å². The van der Waals surface area contributed by atoms with E-state index >= 15 is 0 Å². The minimum Gasteiger partial charge on any atom is -0.451 e. The number of benzene rings is 3. The zero-order valence-corrected chi connectivity index (χ0v) is 18.5. The molecule has 3 aromatic carbocycles. The number of nitro groups is 1. The van der Waals surface area contributed by atoms with Gasteiger partial charge in [-0.1, -0.05) is 29.8 Å². The van der Waals surface area contributed by atoms with Crippen LogP contribution in [0.4, 0.5) is 11.4 Å². The highest BCUT2D eigenvalue weighted by molar-refractivity contribution is 6.31. The van der Waals surface area contributed by atoms with Gasteiger partial charge in [0.25, 0.3) is 11.6 Å². The zero-order valence-electron chi connectivity index (χ0n) is 17.7. The van der Waals surface area contributed by atoms with E-state index < -0.39 is 10.8 Å². The lowest BCUT2D eigenvalue weighted by molar-refractivity contribution is -0.384. The number of anilines is 1. The maximum Gasteiger partial charge on any atom is 0.291 e. The fourth-order valence-corrected chi connectivity index (χ4v) is 3.81. The average molecular weight is 474 g/mol. The highest BCUT2D eigenvalue weighted by atomic mass is 35.5. The number of para-hydroxylation sites is 1. The second-order valence-corrected chi connectivity index (χ2v) is 7.94. The molecule has 2 aromatic heterocycles. The van der Waals surface area contributed by atoms with Crippen molar-refractivity contribution in [2.45, 2.75) is 6.92 Å². The van der Waals surface area contributed by atoms with Crippen molar-refractivity contribution in [3.8, 4) is 22.8 Å². The number of nitrogens with zero attached hydrogens (tertiary/aromatic N) is 2. The number of aromatic nitrogens is 1. The molecule has 1 amide bonds. The van der Waals surface area contributed by atoms with Gasteiger partial charge in [-0.15, -0.1) is 0 Å². The molecule has 0 atom stereocenters. The van der Waals surface area contributed by atoms with Crippen molar-refractivity contribution in [2.75, 3.05) is 5.32 Å². The standard InChI is InChI=1S/C25H16ClN3O5/c1-14-16(25-28-19-13-15(26)9-10-22(19)34-25)6-4-7-18(14)27-24(30)23-12-11-21(33-23)17-5-2-3-8-20(17)29(31)32/h2-13H,1H3,(H,27,30). The topological polar surface area (TPSA) is 111 Å². The van der Waals surface area contributed by atoms with Crippen molar-refractivity contribution >= 4 is 40.0 Å². The average Bonchev–Trinajstić information content (AvgIpc) is 3.47. The van der Waals surface area contributed by atoms with Gasteiger partial charge < -0.3 is 14.2 Å². The van der Waals surface area contributed by atoms with E-state index in [1.54, 1.807) is 48.5 Å². The fourth-order valence-electron chi connectivity index (χ4n) is 3.65. The summed E-state index contributed by atoms with van der Waals surface area (Å²) in [6.07, 6.45) is 0. The summed E-state index contributed by atoms with van der Waals surface area (Å²) in [4.78, 5) is 28.2. The van der Waals surface area contributed by atoms with Crippen molar-refractivity contribution in [3.05, 3.63) is 99.3 Å². The molecule has 0 aliphatic heterocycles. The third-order valence-electron chi connectivity index (χ3n) is 5.36. The first-order valence-electron chi connectivity index (χ1n) is 10.2. The number of oxazole rings is 1. The molecule has 0 saturated carbocycles. The molecule has 9 heteroatoms. The minimum absolute atomic E-state index is 0.0226. The van der Waals surface area contributed by atoms with E-state index in [9.17, 15) is 14.9 Å². The molecule has 8 nitrogen and oxygen atoms in total. The molecule has 5 aromatic rings. The number of halogens is 1. The zero-order chi connectivity index (χ0) is 23.8. The molecular weight excluding hydrogens is 458 g/mol. The summed E-state index contributed by atoms with van der Waals surface area (Å²) >= 11 is 6.04. The first-order chi connectivity index (χ1) is 16.4. The summed E-state index contributed by atoms with van der Waals surface area (Å²) in [5.74, 6) is 0.166. The molecule has 0 radical (unpaired) electrons. The second kappa shape index (κ2) is 8.49. The normalized spacial score (nSPS) is 11.0. The van der Waals surface area contributed by atoms with E-state index in [0.717, 1.165) is 5.56 Å². The molecule has 5 rings (SSSR count). The van der Waals surface area contributed by atoms with Crippen molar-refractivity contribution in [1.82, 2.24) is 4.98 Å². The van der Waals surface area contributed by atoms with Gasteiger partial charge in [-0.05, 0) is 61.0 Å².